The second-order valence-electron chi connectivity index (χ2n) is 4.76. The fourth-order valence-electron chi connectivity index (χ4n) is 1.89. The van der Waals surface area contributed by atoms with Gasteiger partial charge in [-0.25, -0.2) is 9.18 Å². The van der Waals surface area contributed by atoms with Gasteiger partial charge in [-0.3, -0.25) is 14.9 Å². The average Bonchev–Trinajstić information content (AvgIpc) is 2.38. The lowest BCUT2D eigenvalue weighted by molar-refractivity contribution is -0.385. The number of carbonyl (C=O) groups excluding carboxylic acids is 1. The maximum atomic E-state index is 13.2. The predicted octanol–water partition coefficient (Wildman–Crippen LogP) is 2.11. The number of nitro benzene ring substituents is 1. The highest BCUT2D eigenvalue weighted by Gasteiger charge is 2.35. The van der Waals surface area contributed by atoms with E-state index in [2.05, 4.69) is 5.32 Å². The molecule has 21 heavy (non-hydrogen) atoms. The van der Waals surface area contributed by atoms with Crippen molar-refractivity contribution in [2.75, 3.05) is 0 Å². The standard InChI is InChI=1S/C13H15FN2O5/c1-3-6-13(2,12(18)19)15-11(17)9-7-8(14)4-5-10(9)16(20)21/h4-5,7H,3,6H2,1-2H3,(H,15,17)(H,18,19). The Labute approximate surface area is 119 Å². The molecule has 0 saturated heterocycles. The summed E-state index contributed by atoms with van der Waals surface area (Å²) in [6.45, 7) is 3.03. The first kappa shape index (κ1) is 16.5. The van der Waals surface area contributed by atoms with E-state index in [0.717, 1.165) is 12.1 Å². The predicted molar refractivity (Wildman–Crippen MR) is 71.5 cm³/mol. The number of nitrogens with one attached hydrogen (secondary N) is 1. The largest absolute Gasteiger partial charge is 0.480 e. The van der Waals surface area contributed by atoms with Crippen LogP contribution in [0.15, 0.2) is 18.2 Å². The first-order chi connectivity index (χ1) is 9.71. The number of nitrogens with zero attached hydrogens (tertiary/aromatic N) is 1. The molecule has 0 fully saturated rings. The number of hydrogen-bond acceptors (Lipinski definition) is 4. The van der Waals surface area contributed by atoms with Crippen molar-refractivity contribution in [1.29, 1.82) is 0 Å². The Morgan fingerprint density at radius 1 is 1.48 bits per heavy atom. The van der Waals surface area contributed by atoms with Crippen molar-refractivity contribution < 1.29 is 24.0 Å². The van der Waals surface area contributed by atoms with Crippen molar-refractivity contribution in [3.8, 4) is 0 Å². The Balaban J connectivity index is 3.17. The van der Waals surface area contributed by atoms with Crippen LogP contribution >= 0.6 is 0 Å². The van der Waals surface area contributed by atoms with Gasteiger partial charge >= 0.3 is 5.97 Å². The fourth-order valence-corrected chi connectivity index (χ4v) is 1.89. The maximum absolute atomic E-state index is 13.2. The third-order valence-electron chi connectivity index (χ3n) is 3.01. The fraction of sp³-hybridized carbons (Fsp3) is 0.385. The van der Waals surface area contributed by atoms with Crippen LogP contribution in [0, 0.1) is 15.9 Å². The van der Waals surface area contributed by atoms with Gasteiger partial charge in [-0.15, -0.1) is 0 Å². The van der Waals surface area contributed by atoms with E-state index < -0.39 is 39.4 Å². The van der Waals surface area contributed by atoms with E-state index in [1.807, 2.05) is 0 Å². The van der Waals surface area contributed by atoms with Gasteiger partial charge in [0.1, 0.15) is 16.9 Å². The van der Waals surface area contributed by atoms with E-state index in [1.165, 1.54) is 6.92 Å². The van der Waals surface area contributed by atoms with E-state index in [9.17, 15) is 24.1 Å². The summed E-state index contributed by atoms with van der Waals surface area (Å²) >= 11 is 0. The highest BCUT2D eigenvalue weighted by Crippen LogP contribution is 2.21. The van der Waals surface area contributed by atoms with Crippen LogP contribution in [0.4, 0.5) is 10.1 Å². The second-order valence-corrected chi connectivity index (χ2v) is 4.76. The van der Waals surface area contributed by atoms with Gasteiger partial charge in [-0.1, -0.05) is 13.3 Å². The third-order valence-corrected chi connectivity index (χ3v) is 3.01. The smallest absolute Gasteiger partial charge is 0.329 e. The third kappa shape index (κ3) is 3.74. The van der Waals surface area contributed by atoms with Crippen LogP contribution in [-0.4, -0.2) is 27.4 Å². The van der Waals surface area contributed by atoms with Crippen LogP contribution in [-0.2, 0) is 4.79 Å². The maximum Gasteiger partial charge on any atom is 0.329 e. The number of benzene rings is 1. The van der Waals surface area contributed by atoms with Crippen LogP contribution in [0.5, 0.6) is 0 Å². The van der Waals surface area contributed by atoms with Gasteiger partial charge < -0.3 is 10.4 Å². The molecule has 0 spiro atoms. The molecule has 1 amide bonds. The topological polar surface area (TPSA) is 110 Å². The highest BCUT2D eigenvalue weighted by atomic mass is 19.1. The first-order valence-corrected chi connectivity index (χ1v) is 6.21. The monoisotopic (exact) mass is 298 g/mol. The normalized spacial score (nSPS) is 13.3. The molecule has 0 heterocycles. The molecule has 114 valence electrons. The summed E-state index contributed by atoms with van der Waals surface area (Å²) in [5.74, 6) is -3.09. The summed E-state index contributed by atoms with van der Waals surface area (Å²) in [7, 11) is 0. The van der Waals surface area contributed by atoms with Crippen LogP contribution < -0.4 is 5.32 Å². The zero-order valence-corrected chi connectivity index (χ0v) is 11.6. The average molecular weight is 298 g/mol. The molecule has 0 aliphatic carbocycles. The van der Waals surface area contributed by atoms with Crippen LogP contribution in [0.25, 0.3) is 0 Å². The number of carboxylic acids is 1. The SMILES string of the molecule is CCCC(C)(NC(=O)c1cc(F)ccc1[N+](=O)[O-])C(=O)O. The molecule has 1 atom stereocenters. The number of halogens is 1. The Hall–Kier alpha value is -2.51. The number of hydrogen-bond donors (Lipinski definition) is 2. The first-order valence-electron chi connectivity index (χ1n) is 6.21. The molecule has 1 rings (SSSR count). The molecule has 0 saturated carbocycles. The van der Waals surface area contributed by atoms with Crippen molar-refractivity contribution in [3.63, 3.8) is 0 Å². The van der Waals surface area contributed by atoms with Crippen molar-refractivity contribution in [3.05, 3.63) is 39.7 Å². The van der Waals surface area contributed by atoms with Crippen LogP contribution in [0.3, 0.4) is 0 Å². The molecular weight excluding hydrogens is 283 g/mol. The number of carboxylic acid groups (broad SMARTS) is 1. The van der Waals surface area contributed by atoms with Crippen LogP contribution in [0.1, 0.15) is 37.0 Å². The van der Waals surface area contributed by atoms with E-state index >= 15 is 0 Å². The molecule has 1 aromatic rings. The van der Waals surface area contributed by atoms with Gasteiger partial charge in [-0.05, 0) is 25.5 Å². The van der Waals surface area contributed by atoms with E-state index in [4.69, 9.17) is 5.11 Å². The minimum atomic E-state index is -1.58. The van der Waals surface area contributed by atoms with Gasteiger partial charge in [0, 0.05) is 6.07 Å². The summed E-state index contributed by atoms with van der Waals surface area (Å²) in [4.78, 5) is 33.3. The summed E-state index contributed by atoms with van der Waals surface area (Å²) < 4.78 is 13.2. The van der Waals surface area contributed by atoms with Gasteiger partial charge in [0.2, 0.25) is 0 Å². The molecule has 0 aromatic heterocycles. The number of rotatable bonds is 6. The second kappa shape index (κ2) is 6.29. The van der Waals surface area contributed by atoms with Crippen molar-refractivity contribution in [2.24, 2.45) is 0 Å². The van der Waals surface area contributed by atoms with Crippen molar-refractivity contribution in [1.82, 2.24) is 5.32 Å². The van der Waals surface area contributed by atoms with Gasteiger partial charge in [0.25, 0.3) is 11.6 Å². The minimum Gasteiger partial charge on any atom is -0.480 e. The Kier molecular flexibility index (Phi) is 4.96. The van der Waals surface area contributed by atoms with Gasteiger partial charge in [0.15, 0.2) is 0 Å². The Morgan fingerprint density at radius 3 is 2.57 bits per heavy atom. The van der Waals surface area contributed by atoms with Crippen molar-refractivity contribution >= 4 is 17.6 Å². The molecule has 7 nitrogen and oxygen atoms in total. The van der Waals surface area contributed by atoms with Gasteiger partial charge in [0.05, 0.1) is 4.92 Å². The van der Waals surface area contributed by atoms with E-state index in [0.29, 0.717) is 12.5 Å². The summed E-state index contributed by atoms with van der Waals surface area (Å²) in [6, 6.07) is 2.43. The van der Waals surface area contributed by atoms with E-state index in [-0.39, 0.29) is 6.42 Å². The lowest BCUT2D eigenvalue weighted by Gasteiger charge is -2.25. The lowest BCUT2D eigenvalue weighted by Crippen LogP contribution is -2.52. The highest BCUT2D eigenvalue weighted by molar-refractivity contribution is 6.00. The quantitative estimate of drug-likeness (QED) is 0.617. The molecule has 0 aliphatic heterocycles. The van der Waals surface area contributed by atoms with Gasteiger partial charge in [-0.2, -0.15) is 0 Å². The number of aliphatic carboxylic acids is 1. The minimum absolute atomic E-state index is 0.136. The molecule has 1 unspecified atom stereocenters. The molecule has 0 radical (unpaired) electrons. The Morgan fingerprint density at radius 2 is 2.10 bits per heavy atom. The van der Waals surface area contributed by atoms with Crippen molar-refractivity contribution in [2.45, 2.75) is 32.2 Å². The number of carbonyl (C=O) groups is 2. The summed E-state index contributed by atoms with van der Waals surface area (Å²) in [5.41, 5.74) is -2.67. The molecule has 8 heteroatoms. The molecule has 0 aliphatic rings. The van der Waals surface area contributed by atoms with E-state index in [1.54, 1.807) is 6.92 Å². The number of amides is 1. The molecule has 2 N–H and O–H groups in total. The Bertz CT molecular complexity index is 590. The molecule has 0 bridgehead atoms. The molecular formula is C13H15FN2O5. The molecule has 1 aromatic carbocycles. The summed E-state index contributed by atoms with van der Waals surface area (Å²) in [6.07, 6.45) is 0.617. The lowest BCUT2D eigenvalue weighted by atomic mass is 9.95. The zero-order chi connectivity index (χ0) is 16.2. The van der Waals surface area contributed by atoms with Crippen LogP contribution in [0.2, 0.25) is 0 Å². The number of nitro groups is 1. The summed E-state index contributed by atoms with van der Waals surface area (Å²) in [5, 5.41) is 22.2. The zero-order valence-electron chi connectivity index (χ0n) is 11.6.